The average molecular weight is 217 g/mol. The van der Waals surface area contributed by atoms with Gasteiger partial charge in [-0.1, -0.05) is 30.3 Å². The molecule has 1 heterocycles. The lowest BCUT2D eigenvalue weighted by Crippen LogP contribution is -2.46. The van der Waals surface area contributed by atoms with Crippen molar-refractivity contribution >= 4 is 5.78 Å². The van der Waals surface area contributed by atoms with Crippen LogP contribution in [0.1, 0.15) is 32.3 Å². The lowest BCUT2D eigenvalue weighted by molar-refractivity contribution is -0.125. The largest absolute Gasteiger partial charge is 0.300 e. The fourth-order valence-electron chi connectivity index (χ4n) is 2.52. The van der Waals surface area contributed by atoms with E-state index in [4.69, 9.17) is 0 Å². The van der Waals surface area contributed by atoms with Crippen LogP contribution in [-0.2, 0) is 11.3 Å². The molecule has 1 aliphatic rings. The van der Waals surface area contributed by atoms with E-state index in [1.54, 1.807) is 0 Å². The molecule has 1 fully saturated rings. The van der Waals surface area contributed by atoms with E-state index in [0.29, 0.717) is 30.7 Å². The summed E-state index contributed by atoms with van der Waals surface area (Å²) in [4.78, 5) is 13.9. The Labute approximate surface area is 97.3 Å². The van der Waals surface area contributed by atoms with Crippen molar-refractivity contribution in [2.75, 3.05) is 0 Å². The SMILES string of the molecule is C[C@H]1CC(=O)C[C@H](C)N1Cc1ccccc1. The van der Waals surface area contributed by atoms with Crippen LogP contribution in [0.25, 0.3) is 0 Å². The zero-order chi connectivity index (χ0) is 11.5. The second kappa shape index (κ2) is 4.79. The number of rotatable bonds is 2. The molecule has 0 spiro atoms. The van der Waals surface area contributed by atoms with Crippen molar-refractivity contribution in [3.8, 4) is 0 Å². The number of hydrogen-bond acceptors (Lipinski definition) is 2. The molecule has 0 unspecified atom stereocenters. The van der Waals surface area contributed by atoms with Crippen LogP contribution in [0.2, 0.25) is 0 Å². The third-order valence-corrected chi connectivity index (χ3v) is 3.39. The molecule has 0 amide bonds. The minimum absolute atomic E-state index is 0.372. The molecular weight excluding hydrogens is 198 g/mol. The van der Waals surface area contributed by atoms with E-state index < -0.39 is 0 Å². The number of ketones is 1. The Bertz CT molecular complexity index is 346. The zero-order valence-corrected chi connectivity index (χ0v) is 10.0. The second-order valence-electron chi connectivity index (χ2n) is 4.80. The Morgan fingerprint density at radius 3 is 2.25 bits per heavy atom. The monoisotopic (exact) mass is 217 g/mol. The Kier molecular flexibility index (Phi) is 3.39. The lowest BCUT2D eigenvalue weighted by atomic mass is 9.95. The van der Waals surface area contributed by atoms with Crippen molar-refractivity contribution in [1.82, 2.24) is 4.90 Å². The molecule has 1 saturated heterocycles. The van der Waals surface area contributed by atoms with Gasteiger partial charge in [0.1, 0.15) is 5.78 Å². The van der Waals surface area contributed by atoms with Crippen LogP contribution in [0.3, 0.4) is 0 Å². The van der Waals surface area contributed by atoms with Crippen molar-refractivity contribution in [2.45, 2.75) is 45.3 Å². The molecule has 2 heteroatoms. The minimum Gasteiger partial charge on any atom is -0.300 e. The Morgan fingerprint density at radius 1 is 1.12 bits per heavy atom. The quantitative estimate of drug-likeness (QED) is 0.759. The molecule has 2 rings (SSSR count). The van der Waals surface area contributed by atoms with Gasteiger partial charge in [-0.3, -0.25) is 9.69 Å². The second-order valence-corrected chi connectivity index (χ2v) is 4.80. The van der Waals surface area contributed by atoms with E-state index in [1.165, 1.54) is 5.56 Å². The molecule has 2 atom stereocenters. The summed E-state index contributed by atoms with van der Waals surface area (Å²) in [5.74, 6) is 0.407. The Morgan fingerprint density at radius 2 is 1.69 bits per heavy atom. The maximum atomic E-state index is 11.5. The molecule has 16 heavy (non-hydrogen) atoms. The van der Waals surface area contributed by atoms with Crippen LogP contribution in [-0.4, -0.2) is 22.8 Å². The van der Waals surface area contributed by atoms with Gasteiger partial charge in [0.05, 0.1) is 0 Å². The molecule has 0 bridgehead atoms. The number of likely N-dealkylation sites (tertiary alicyclic amines) is 1. The summed E-state index contributed by atoms with van der Waals surface area (Å²) in [5, 5.41) is 0. The molecule has 0 aromatic heterocycles. The Hall–Kier alpha value is -1.15. The van der Waals surface area contributed by atoms with Gasteiger partial charge in [-0.15, -0.1) is 0 Å². The molecule has 0 aliphatic carbocycles. The lowest BCUT2D eigenvalue weighted by Gasteiger charge is -2.38. The predicted octanol–water partition coefficient (Wildman–Crippen LogP) is 2.63. The number of benzene rings is 1. The third kappa shape index (κ3) is 2.50. The first-order valence-electron chi connectivity index (χ1n) is 5.98. The average Bonchev–Trinajstić information content (AvgIpc) is 2.25. The number of carbonyl (C=O) groups excluding carboxylic acids is 1. The van der Waals surface area contributed by atoms with E-state index >= 15 is 0 Å². The maximum Gasteiger partial charge on any atom is 0.136 e. The summed E-state index contributed by atoms with van der Waals surface area (Å²) in [6.45, 7) is 5.25. The van der Waals surface area contributed by atoms with Gasteiger partial charge in [0.25, 0.3) is 0 Å². The summed E-state index contributed by atoms with van der Waals surface area (Å²) < 4.78 is 0. The third-order valence-electron chi connectivity index (χ3n) is 3.39. The van der Waals surface area contributed by atoms with E-state index in [0.717, 1.165) is 6.54 Å². The van der Waals surface area contributed by atoms with Crippen LogP contribution in [0.5, 0.6) is 0 Å². The zero-order valence-electron chi connectivity index (χ0n) is 10.0. The standard InChI is InChI=1S/C14H19NO/c1-11-8-14(16)9-12(2)15(11)10-13-6-4-3-5-7-13/h3-7,11-12H,8-10H2,1-2H3/t11-,12-/m0/s1. The van der Waals surface area contributed by atoms with E-state index in [9.17, 15) is 4.79 Å². The van der Waals surface area contributed by atoms with Crippen LogP contribution < -0.4 is 0 Å². The van der Waals surface area contributed by atoms with Crippen molar-refractivity contribution in [1.29, 1.82) is 0 Å². The predicted molar refractivity (Wildman–Crippen MR) is 65.2 cm³/mol. The molecule has 1 aromatic carbocycles. The van der Waals surface area contributed by atoms with Gasteiger partial charge in [0, 0.05) is 31.5 Å². The fourth-order valence-corrected chi connectivity index (χ4v) is 2.52. The molecule has 0 saturated carbocycles. The number of hydrogen-bond donors (Lipinski definition) is 0. The van der Waals surface area contributed by atoms with E-state index in [2.05, 4.69) is 43.0 Å². The van der Waals surface area contributed by atoms with Gasteiger partial charge >= 0.3 is 0 Å². The first kappa shape index (κ1) is 11.3. The van der Waals surface area contributed by atoms with Crippen LogP contribution in [0, 0.1) is 0 Å². The molecule has 0 radical (unpaired) electrons. The fraction of sp³-hybridized carbons (Fsp3) is 0.500. The molecule has 2 nitrogen and oxygen atoms in total. The summed E-state index contributed by atoms with van der Waals surface area (Å²) in [5.41, 5.74) is 1.33. The molecule has 0 N–H and O–H groups in total. The summed E-state index contributed by atoms with van der Waals surface area (Å²) in [6, 6.07) is 11.2. The van der Waals surface area contributed by atoms with Crippen LogP contribution in [0.15, 0.2) is 30.3 Å². The number of piperidine rings is 1. The van der Waals surface area contributed by atoms with E-state index in [-0.39, 0.29) is 0 Å². The highest BCUT2D eigenvalue weighted by molar-refractivity contribution is 5.80. The van der Waals surface area contributed by atoms with Crippen molar-refractivity contribution in [3.05, 3.63) is 35.9 Å². The highest BCUT2D eigenvalue weighted by atomic mass is 16.1. The molecule has 1 aromatic rings. The summed E-state index contributed by atoms with van der Waals surface area (Å²) in [6.07, 6.45) is 1.41. The summed E-state index contributed by atoms with van der Waals surface area (Å²) in [7, 11) is 0. The van der Waals surface area contributed by atoms with Crippen molar-refractivity contribution in [2.24, 2.45) is 0 Å². The Balaban J connectivity index is 2.06. The van der Waals surface area contributed by atoms with Crippen LogP contribution in [0.4, 0.5) is 0 Å². The highest BCUT2D eigenvalue weighted by Crippen LogP contribution is 2.22. The highest BCUT2D eigenvalue weighted by Gasteiger charge is 2.29. The van der Waals surface area contributed by atoms with Crippen molar-refractivity contribution in [3.63, 3.8) is 0 Å². The molecule has 1 aliphatic heterocycles. The first-order chi connectivity index (χ1) is 7.66. The number of Topliss-reactive ketones (excluding diaryl/α,β-unsaturated/α-hetero) is 1. The normalized spacial score (nSPS) is 27.0. The smallest absolute Gasteiger partial charge is 0.136 e. The number of nitrogens with zero attached hydrogens (tertiary/aromatic N) is 1. The van der Waals surface area contributed by atoms with Gasteiger partial charge in [-0.25, -0.2) is 0 Å². The maximum absolute atomic E-state index is 11.5. The molecular formula is C14H19NO. The van der Waals surface area contributed by atoms with Crippen molar-refractivity contribution < 1.29 is 4.79 Å². The van der Waals surface area contributed by atoms with Gasteiger partial charge in [0.2, 0.25) is 0 Å². The van der Waals surface area contributed by atoms with Crippen LogP contribution >= 0.6 is 0 Å². The van der Waals surface area contributed by atoms with Gasteiger partial charge < -0.3 is 0 Å². The van der Waals surface area contributed by atoms with Gasteiger partial charge in [-0.05, 0) is 19.4 Å². The number of carbonyl (C=O) groups is 1. The minimum atomic E-state index is 0.372. The first-order valence-corrected chi connectivity index (χ1v) is 5.98. The van der Waals surface area contributed by atoms with Gasteiger partial charge in [-0.2, -0.15) is 0 Å². The summed E-state index contributed by atoms with van der Waals surface area (Å²) >= 11 is 0. The topological polar surface area (TPSA) is 20.3 Å². The van der Waals surface area contributed by atoms with Gasteiger partial charge in [0.15, 0.2) is 0 Å². The molecule has 86 valence electrons. The van der Waals surface area contributed by atoms with E-state index in [1.807, 2.05) is 6.07 Å².